The minimum Gasteiger partial charge on any atom is -0.507 e. The van der Waals surface area contributed by atoms with Crippen molar-refractivity contribution >= 4 is 16.5 Å². The van der Waals surface area contributed by atoms with Crippen molar-refractivity contribution in [2.45, 2.75) is 6.42 Å². The van der Waals surface area contributed by atoms with Gasteiger partial charge in [0.05, 0.1) is 0 Å². The van der Waals surface area contributed by atoms with Gasteiger partial charge in [-0.1, -0.05) is 30.3 Å². The van der Waals surface area contributed by atoms with E-state index in [4.69, 9.17) is 0 Å². The number of nitrogens with one attached hydrogen (secondary N) is 1. The fourth-order valence-corrected chi connectivity index (χ4v) is 1.76. The Bertz CT molecular complexity index is 505. The summed E-state index contributed by atoms with van der Waals surface area (Å²) in [5.41, 5.74) is 1.05. The molecular weight excluding hydrogens is 198 g/mol. The molecule has 2 heteroatoms. The van der Waals surface area contributed by atoms with Gasteiger partial charge in [0, 0.05) is 23.0 Å². The van der Waals surface area contributed by atoms with Gasteiger partial charge in [-0.25, -0.2) is 0 Å². The predicted octanol–water partition coefficient (Wildman–Crippen LogP) is 3.53. The lowest BCUT2D eigenvalue weighted by Gasteiger charge is -2.09. The number of fused-ring (bicyclic) bond motifs is 1. The molecule has 0 unspecified atom stereocenters. The summed E-state index contributed by atoms with van der Waals surface area (Å²) in [6.07, 6.45) is 2.81. The Hall–Kier alpha value is -1.96. The quantitative estimate of drug-likeness (QED) is 0.601. The van der Waals surface area contributed by atoms with Gasteiger partial charge in [0.25, 0.3) is 0 Å². The zero-order valence-corrected chi connectivity index (χ0v) is 9.11. The van der Waals surface area contributed by atoms with Gasteiger partial charge >= 0.3 is 0 Å². The second-order valence-corrected chi connectivity index (χ2v) is 3.68. The van der Waals surface area contributed by atoms with E-state index in [0.717, 1.165) is 29.4 Å². The molecule has 2 aromatic carbocycles. The summed E-state index contributed by atoms with van der Waals surface area (Å²) in [5.74, 6) is 0.324. The lowest BCUT2D eigenvalue weighted by Crippen LogP contribution is -2.00. The zero-order chi connectivity index (χ0) is 11.4. The Morgan fingerprint density at radius 3 is 2.69 bits per heavy atom. The number of hydrogen-bond donors (Lipinski definition) is 2. The second-order valence-electron chi connectivity index (χ2n) is 3.68. The number of aromatic hydroxyl groups is 1. The van der Waals surface area contributed by atoms with Crippen molar-refractivity contribution in [3.63, 3.8) is 0 Å². The number of benzene rings is 2. The van der Waals surface area contributed by atoms with Crippen LogP contribution in [0.5, 0.6) is 5.75 Å². The van der Waals surface area contributed by atoms with Gasteiger partial charge < -0.3 is 10.4 Å². The highest BCUT2D eigenvalue weighted by Gasteiger charge is 2.02. The summed E-state index contributed by atoms with van der Waals surface area (Å²) < 4.78 is 0. The molecule has 0 saturated carbocycles. The Morgan fingerprint density at radius 1 is 1.12 bits per heavy atom. The van der Waals surface area contributed by atoms with Crippen molar-refractivity contribution in [1.82, 2.24) is 0 Å². The first-order chi connectivity index (χ1) is 7.83. The van der Waals surface area contributed by atoms with Crippen molar-refractivity contribution in [1.29, 1.82) is 0 Å². The van der Waals surface area contributed by atoms with Crippen LogP contribution in [0.3, 0.4) is 0 Å². The Labute approximate surface area is 95.2 Å². The Kier molecular flexibility index (Phi) is 3.10. The smallest absolute Gasteiger partial charge is 0.123 e. The number of rotatable bonds is 4. The van der Waals surface area contributed by atoms with E-state index in [1.807, 2.05) is 36.4 Å². The van der Waals surface area contributed by atoms with E-state index in [2.05, 4.69) is 11.9 Å². The van der Waals surface area contributed by atoms with Crippen molar-refractivity contribution in [3.8, 4) is 5.75 Å². The second kappa shape index (κ2) is 4.71. The molecule has 2 rings (SSSR count). The SMILES string of the molecule is C=CCCNc1cccc2c(O)cccc12. The maximum atomic E-state index is 9.72. The molecule has 82 valence electrons. The highest BCUT2D eigenvalue weighted by atomic mass is 16.3. The van der Waals surface area contributed by atoms with Crippen LogP contribution in [0.2, 0.25) is 0 Å². The maximum Gasteiger partial charge on any atom is 0.123 e. The average Bonchev–Trinajstić information content (AvgIpc) is 2.31. The molecule has 0 heterocycles. The van der Waals surface area contributed by atoms with E-state index >= 15 is 0 Å². The highest BCUT2D eigenvalue weighted by Crippen LogP contribution is 2.29. The fourth-order valence-electron chi connectivity index (χ4n) is 1.76. The van der Waals surface area contributed by atoms with Gasteiger partial charge in [-0.15, -0.1) is 6.58 Å². The third-order valence-electron chi connectivity index (χ3n) is 2.56. The molecule has 0 atom stereocenters. The van der Waals surface area contributed by atoms with Crippen molar-refractivity contribution in [2.75, 3.05) is 11.9 Å². The van der Waals surface area contributed by atoms with E-state index in [0.29, 0.717) is 5.75 Å². The molecule has 0 saturated heterocycles. The molecule has 0 bridgehead atoms. The topological polar surface area (TPSA) is 32.3 Å². The van der Waals surface area contributed by atoms with Crippen LogP contribution in [-0.2, 0) is 0 Å². The van der Waals surface area contributed by atoms with Crippen molar-refractivity contribution in [2.24, 2.45) is 0 Å². The van der Waals surface area contributed by atoms with Gasteiger partial charge in [-0.3, -0.25) is 0 Å². The maximum absolute atomic E-state index is 9.72. The number of anilines is 1. The summed E-state index contributed by atoms with van der Waals surface area (Å²) in [5, 5.41) is 15.0. The molecule has 0 radical (unpaired) electrons. The molecule has 2 nitrogen and oxygen atoms in total. The largest absolute Gasteiger partial charge is 0.507 e. The molecule has 2 aromatic rings. The van der Waals surface area contributed by atoms with E-state index in [1.165, 1.54) is 0 Å². The summed E-state index contributed by atoms with van der Waals surface area (Å²) in [6.45, 7) is 4.55. The standard InChI is InChI=1S/C14H15NO/c1-2-3-10-15-13-8-4-7-12-11(13)6-5-9-14(12)16/h2,4-9,15-16H,1,3,10H2. The van der Waals surface area contributed by atoms with Gasteiger partial charge in [-0.05, 0) is 18.6 Å². The van der Waals surface area contributed by atoms with Gasteiger partial charge in [-0.2, -0.15) is 0 Å². The molecule has 0 aliphatic carbocycles. The molecule has 0 amide bonds. The van der Waals surface area contributed by atoms with Crippen molar-refractivity contribution in [3.05, 3.63) is 49.1 Å². The molecule has 16 heavy (non-hydrogen) atoms. The summed E-state index contributed by atoms with van der Waals surface area (Å²) in [6, 6.07) is 11.4. The van der Waals surface area contributed by atoms with Gasteiger partial charge in [0.1, 0.15) is 5.75 Å². The predicted molar refractivity (Wildman–Crippen MR) is 68.9 cm³/mol. The van der Waals surface area contributed by atoms with Crippen LogP contribution in [0.15, 0.2) is 49.1 Å². The minimum atomic E-state index is 0.324. The fraction of sp³-hybridized carbons (Fsp3) is 0.143. The third kappa shape index (κ3) is 2.01. The molecule has 0 spiro atoms. The molecule has 0 fully saturated rings. The van der Waals surface area contributed by atoms with E-state index in [-0.39, 0.29) is 0 Å². The summed E-state index contributed by atoms with van der Waals surface area (Å²) in [4.78, 5) is 0. The van der Waals surface area contributed by atoms with E-state index in [1.54, 1.807) is 6.07 Å². The monoisotopic (exact) mass is 213 g/mol. The average molecular weight is 213 g/mol. The lowest BCUT2D eigenvalue weighted by atomic mass is 10.1. The molecule has 2 N–H and O–H groups in total. The van der Waals surface area contributed by atoms with Gasteiger partial charge in [0.15, 0.2) is 0 Å². The van der Waals surface area contributed by atoms with Crippen LogP contribution >= 0.6 is 0 Å². The van der Waals surface area contributed by atoms with E-state index in [9.17, 15) is 5.11 Å². The lowest BCUT2D eigenvalue weighted by molar-refractivity contribution is 0.481. The van der Waals surface area contributed by atoms with Crippen LogP contribution in [0.25, 0.3) is 10.8 Å². The van der Waals surface area contributed by atoms with E-state index < -0.39 is 0 Å². The summed E-state index contributed by atoms with van der Waals surface area (Å²) >= 11 is 0. The number of phenols is 1. The van der Waals surface area contributed by atoms with Crippen LogP contribution in [0.4, 0.5) is 5.69 Å². The summed E-state index contributed by atoms with van der Waals surface area (Å²) in [7, 11) is 0. The molecule has 0 aliphatic heterocycles. The first-order valence-corrected chi connectivity index (χ1v) is 5.38. The highest BCUT2D eigenvalue weighted by molar-refractivity contribution is 5.97. The normalized spacial score (nSPS) is 10.2. The van der Waals surface area contributed by atoms with Crippen LogP contribution in [0, 0.1) is 0 Å². The van der Waals surface area contributed by atoms with Crippen molar-refractivity contribution < 1.29 is 5.11 Å². The first-order valence-electron chi connectivity index (χ1n) is 5.38. The van der Waals surface area contributed by atoms with Crippen LogP contribution in [0.1, 0.15) is 6.42 Å². The first kappa shape index (κ1) is 10.6. The van der Waals surface area contributed by atoms with Gasteiger partial charge in [0.2, 0.25) is 0 Å². The van der Waals surface area contributed by atoms with Crippen LogP contribution in [-0.4, -0.2) is 11.7 Å². The Balaban J connectivity index is 2.38. The van der Waals surface area contributed by atoms with Crippen LogP contribution < -0.4 is 5.32 Å². The minimum absolute atomic E-state index is 0.324. The Morgan fingerprint density at radius 2 is 1.88 bits per heavy atom. The third-order valence-corrected chi connectivity index (χ3v) is 2.56. The number of phenolic OH excluding ortho intramolecular Hbond substituents is 1. The molecule has 0 aromatic heterocycles. The molecular formula is C14H15NO. The zero-order valence-electron chi connectivity index (χ0n) is 9.11. The number of hydrogen-bond acceptors (Lipinski definition) is 2. The molecule has 0 aliphatic rings.